The fourth-order valence-electron chi connectivity index (χ4n) is 2.79. The number of nitrogens with one attached hydrogen (secondary N) is 1. The molecule has 0 amide bonds. The Balaban J connectivity index is 3.02. The second kappa shape index (κ2) is 9.16. The Hall–Kier alpha value is -2.42. The summed E-state index contributed by atoms with van der Waals surface area (Å²) in [6.07, 6.45) is 3.40. The lowest BCUT2D eigenvalue weighted by Crippen LogP contribution is -2.58. The van der Waals surface area contributed by atoms with E-state index in [0.717, 1.165) is 0 Å². The third-order valence-corrected chi connectivity index (χ3v) is 4.04. The van der Waals surface area contributed by atoms with Crippen LogP contribution >= 0.6 is 0 Å². The molecule has 0 spiro atoms. The van der Waals surface area contributed by atoms with Crippen molar-refractivity contribution in [2.45, 2.75) is 90.7 Å². The number of ether oxygens (including phenoxy) is 3. The maximum atomic E-state index is 12.9. The lowest BCUT2D eigenvalue weighted by Gasteiger charge is -2.36. The Kier molecular flexibility index (Phi) is 7.82. The Morgan fingerprint density at radius 2 is 1.37 bits per heavy atom. The van der Waals surface area contributed by atoms with Gasteiger partial charge >= 0.3 is 23.9 Å². The third-order valence-electron chi connectivity index (χ3n) is 4.04. The zero-order valence-corrected chi connectivity index (χ0v) is 18.9. The lowest BCUT2D eigenvalue weighted by molar-refractivity contribution is -0.187. The molecule has 1 aliphatic rings. The maximum absolute atomic E-state index is 12.9. The van der Waals surface area contributed by atoms with Crippen LogP contribution in [0.15, 0.2) is 12.2 Å². The van der Waals surface area contributed by atoms with Gasteiger partial charge in [-0.1, -0.05) is 12.2 Å². The zero-order chi connectivity index (χ0) is 23.5. The van der Waals surface area contributed by atoms with Crippen molar-refractivity contribution in [1.82, 2.24) is 5.32 Å². The fraction of sp³-hybridized carbons (Fsp3) is 0.714. The van der Waals surface area contributed by atoms with Crippen molar-refractivity contribution in [1.29, 1.82) is 0 Å². The van der Waals surface area contributed by atoms with Crippen LogP contribution in [-0.4, -0.2) is 57.9 Å². The van der Waals surface area contributed by atoms with Crippen LogP contribution in [-0.2, 0) is 33.4 Å². The predicted octanol–water partition coefficient (Wildman–Crippen LogP) is 1.98. The second-order valence-electron chi connectivity index (χ2n) is 9.80. The van der Waals surface area contributed by atoms with Crippen LogP contribution in [0.3, 0.4) is 0 Å². The number of aliphatic carboxylic acids is 1. The summed E-state index contributed by atoms with van der Waals surface area (Å²) < 4.78 is 15.8. The third kappa shape index (κ3) is 8.14. The molecule has 1 rings (SSSR count). The molecule has 9 nitrogen and oxygen atoms in total. The summed E-state index contributed by atoms with van der Waals surface area (Å²) in [4.78, 5) is 48.3. The van der Waals surface area contributed by atoms with Gasteiger partial charge in [0.25, 0.3) is 0 Å². The van der Waals surface area contributed by atoms with Crippen LogP contribution in [0, 0.1) is 5.92 Å². The number of hydrogen-bond donors (Lipinski definition) is 2. The van der Waals surface area contributed by atoms with E-state index in [4.69, 9.17) is 19.3 Å². The average Bonchev–Trinajstić information content (AvgIpc) is 2.97. The largest absolute Gasteiger partial charge is 0.481 e. The number of esters is 3. The highest BCUT2D eigenvalue weighted by atomic mass is 16.6. The Morgan fingerprint density at radius 1 is 0.867 bits per heavy atom. The molecule has 0 fully saturated rings. The van der Waals surface area contributed by atoms with Crippen molar-refractivity contribution in [3.05, 3.63) is 12.2 Å². The molecule has 0 aromatic heterocycles. The van der Waals surface area contributed by atoms with Crippen molar-refractivity contribution >= 4 is 23.9 Å². The van der Waals surface area contributed by atoms with Gasteiger partial charge in [0.1, 0.15) is 22.8 Å². The minimum absolute atomic E-state index is 0.227. The molecule has 0 saturated heterocycles. The smallest absolute Gasteiger partial charge is 0.418 e. The lowest BCUT2D eigenvalue weighted by atomic mass is 9.96. The van der Waals surface area contributed by atoms with Crippen LogP contribution in [0.5, 0.6) is 0 Å². The van der Waals surface area contributed by atoms with Crippen molar-refractivity contribution in [2.24, 2.45) is 5.92 Å². The van der Waals surface area contributed by atoms with Crippen molar-refractivity contribution < 1.29 is 38.5 Å². The minimum atomic E-state index is -1.49. The van der Waals surface area contributed by atoms with Crippen LogP contribution < -0.4 is 5.32 Å². The first kappa shape index (κ1) is 25.6. The Labute approximate surface area is 177 Å². The van der Waals surface area contributed by atoms with E-state index in [-0.39, 0.29) is 6.42 Å². The molecule has 0 heterocycles. The molecule has 9 heteroatoms. The molecule has 0 radical (unpaired) electrons. The zero-order valence-electron chi connectivity index (χ0n) is 18.9. The molecule has 0 aromatic rings. The van der Waals surface area contributed by atoms with E-state index in [9.17, 15) is 19.2 Å². The standard InChI is InChI=1S/C21H33NO8/c1-19(2,3)28-16(25)14(22-13-10-9-12(11-13)15(23)24)21(7,8)30-18(27)17(26)29-20(4,5)6/h9-10,12-14,22H,11H2,1-8H3,(H,23,24)/t12-,13+,14?/m1/s1. The number of carbonyl (C=O) groups is 4. The number of rotatable bonds is 6. The minimum Gasteiger partial charge on any atom is -0.481 e. The van der Waals surface area contributed by atoms with Gasteiger partial charge in [0.2, 0.25) is 0 Å². The van der Waals surface area contributed by atoms with Gasteiger partial charge < -0.3 is 19.3 Å². The molecular weight excluding hydrogens is 394 g/mol. The molecule has 0 saturated carbocycles. The van der Waals surface area contributed by atoms with E-state index >= 15 is 0 Å². The molecular formula is C21H33NO8. The van der Waals surface area contributed by atoms with Gasteiger partial charge in [0, 0.05) is 6.04 Å². The first-order valence-corrected chi connectivity index (χ1v) is 9.77. The van der Waals surface area contributed by atoms with Gasteiger partial charge in [-0.25, -0.2) is 9.59 Å². The van der Waals surface area contributed by atoms with Gasteiger partial charge in [-0.2, -0.15) is 0 Å². The molecule has 170 valence electrons. The molecule has 0 bridgehead atoms. The SMILES string of the molecule is CC(C)(C)OC(=O)C(=O)OC(C)(C)C(N[C@H]1C=C[C@@H](C(=O)O)C1)C(=O)OC(C)(C)C. The summed E-state index contributed by atoms with van der Waals surface area (Å²) >= 11 is 0. The molecule has 3 atom stereocenters. The van der Waals surface area contributed by atoms with Crippen LogP contribution in [0.4, 0.5) is 0 Å². The number of carboxylic acids is 1. The van der Waals surface area contributed by atoms with E-state index in [2.05, 4.69) is 5.32 Å². The van der Waals surface area contributed by atoms with Gasteiger partial charge in [0.15, 0.2) is 0 Å². The highest BCUT2D eigenvalue weighted by molar-refractivity contribution is 6.29. The van der Waals surface area contributed by atoms with E-state index < -0.39 is 58.7 Å². The molecule has 0 aliphatic heterocycles. The normalized spacial score (nSPS) is 20.4. The molecule has 1 unspecified atom stereocenters. The summed E-state index contributed by atoms with van der Waals surface area (Å²) in [6, 6.07) is -1.62. The van der Waals surface area contributed by atoms with E-state index in [1.165, 1.54) is 19.9 Å². The summed E-state index contributed by atoms with van der Waals surface area (Å²) in [5, 5.41) is 12.2. The highest BCUT2D eigenvalue weighted by Gasteiger charge is 2.44. The number of carbonyl (C=O) groups excluding carboxylic acids is 3. The first-order valence-electron chi connectivity index (χ1n) is 9.77. The quantitative estimate of drug-likeness (QED) is 0.283. The van der Waals surface area contributed by atoms with Crippen LogP contribution in [0.2, 0.25) is 0 Å². The summed E-state index contributed by atoms with van der Waals surface area (Å²) in [5.41, 5.74) is -3.19. The molecule has 2 N–H and O–H groups in total. The molecule has 1 aliphatic carbocycles. The monoisotopic (exact) mass is 427 g/mol. The summed E-state index contributed by atoms with van der Waals surface area (Å²) in [7, 11) is 0. The predicted molar refractivity (Wildman–Crippen MR) is 107 cm³/mol. The van der Waals surface area contributed by atoms with Gasteiger partial charge in [-0.3, -0.25) is 14.9 Å². The van der Waals surface area contributed by atoms with Gasteiger partial charge in [-0.05, 0) is 61.8 Å². The fourth-order valence-corrected chi connectivity index (χ4v) is 2.79. The van der Waals surface area contributed by atoms with E-state index in [0.29, 0.717) is 0 Å². The average molecular weight is 427 g/mol. The van der Waals surface area contributed by atoms with Gasteiger partial charge in [0.05, 0.1) is 5.92 Å². The van der Waals surface area contributed by atoms with Gasteiger partial charge in [-0.15, -0.1) is 0 Å². The second-order valence-corrected chi connectivity index (χ2v) is 9.80. The van der Waals surface area contributed by atoms with Crippen LogP contribution in [0.25, 0.3) is 0 Å². The van der Waals surface area contributed by atoms with Crippen molar-refractivity contribution in [3.8, 4) is 0 Å². The summed E-state index contributed by atoms with van der Waals surface area (Å²) in [5.74, 6) is -4.77. The van der Waals surface area contributed by atoms with Crippen molar-refractivity contribution in [2.75, 3.05) is 0 Å². The van der Waals surface area contributed by atoms with Crippen LogP contribution in [0.1, 0.15) is 61.8 Å². The summed E-state index contributed by atoms with van der Waals surface area (Å²) in [6.45, 7) is 12.8. The highest BCUT2D eigenvalue weighted by Crippen LogP contribution is 2.24. The number of carboxylic acid groups (broad SMARTS) is 1. The molecule has 0 aromatic carbocycles. The number of hydrogen-bond acceptors (Lipinski definition) is 8. The maximum Gasteiger partial charge on any atom is 0.418 e. The Morgan fingerprint density at radius 3 is 1.80 bits per heavy atom. The Bertz CT molecular complexity index is 711. The molecule has 30 heavy (non-hydrogen) atoms. The van der Waals surface area contributed by atoms with Crippen molar-refractivity contribution in [3.63, 3.8) is 0 Å². The van der Waals surface area contributed by atoms with E-state index in [1.54, 1.807) is 47.6 Å². The topological polar surface area (TPSA) is 128 Å². The van der Waals surface area contributed by atoms with E-state index in [1.807, 2.05) is 0 Å². The first-order chi connectivity index (χ1) is 13.4.